The Hall–Kier alpha value is -2.20. The maximum absolute atomic E-state index is 13.7. The lowest BCUT2D eigenvalue weighted by atomic mass is 10.1. The molecule has 1 aliphatic heterocycles. The molecule has 3 aromatic rings. The monoisotopic (exact) mass is 562 g/mol. The van der Waals surface area contributed by atoms with Crippen LogP contribution in [0.25, 0.3) is 0 Å². The standard InChI is InChI=1S/C28H28Cl2N2O2S.ClH/c29-25-14-16-28(17-15-25)35(33,34)32(27-10-3-1-4-11-27)22-24-21-26(30)13-12-23(24)9-5-8-20-31-18-6-2-7-19-31;/h1,3-4,10-17,21H,2,6-8,18-20,22H2;1H. The number of halogens is 3. The second-order valence-electron chi connectivity index (χ2n) is 8.56. The second-order valence-corrected chi connectivity index (χ2v) is 11.3. The maximum atomic E-state index is 13.7. The summed E-state index contributed by atoms with van der Waals surface area (Å²) in [7, 11) is -3.86. The van der Waals surface area contributed by atoms with Crippen molar-refractivity contribution in [3.05, 3.63) is 94.0 Å². The van der Waals surface area contributed by atoms with Crippen molar-refractivity contribution in [2.75, 3.05) is 23.9 Å². The molecule has 1 fully saturated rings. The summed E-state index contributed by atoms with van der Waals surface area (Å²) in [6.07, 6.45) is 4.60. The summed E-state index contributed by atoms with van der Waals surface area (Å²) in [4.78, 5) is 2.62. The Bertz CT molecular complexity index is 1300. The zero-order valence-electron chi connectivity index (χ0n) is 19.9. The first kappa shape index (κ1) is 28.4. The van der Waals surface area contributed by atoms with Crippen molar-refractivity contribution in [3.8, 4) is 11.8 Å². The number of rotatable bonds is 7. The van der Waals surface area contributed by atoms with Gasteiger partial charge in [0.25, 0.3) is 10.0 Å². The molecule has 0 saturated carbocycles. The van der Waals surface area contributed by atoms with Gasteiger partial charge in [0.1, 0.15) is 0 Å². The van der Waals surface area contributed by atoms with E-state index in [4.69, 9.17) is 23.2 Å². The summed E-state index contributed by atoms with van der Waals surface area (Å²) < 4.78 is 28.8. The van der Waals surface area contributed by atoms with E-state index in [0.29, 0.717) is 15.7 Å². The molecule has 0 bridgehead atoms. The van der Waals surface area contributed by atoms with E-state index in [2.05, 4.69) is 16.7 Å². The topological polar surface area (TPSA) is 40.6 Å². The minimum atomic E-state index is -3.86. The van der Waals surface area contributed by atoms with Crippen molar-refractivity contribution in [2.45, 2.75) is 37.1 Å². The molecule has 0 atom stereocenters. The van der Waals surface area contributed by atoms with Crippen LogP contribution < -0.4 is 4.31 Å². The van der Waals surface area contributed by atoms with Gasteiger partial charge in [0.2, 0.25) is 0 Å². The number of hydrogen-bond acceptors (Lipinski definition) is 3. The van der Waals surface area contributed by atoms with Crippen molar-refractivity contribution in [1.29, 1.82) is 0 Å². The number of piperidine rings is 1. The van der Waals surface area contributed by atoms with Crippen LogP contribution >= 0.6 is 35.6 Å². The summed E-state index contributed by atoms with van der Waals surface area (Å²) in [5, 5.41) is 1.02. The van der Waals surface area contributed by atoms with E-state index in [1.807, 2.05) is 24.3 Å². The van der Waals surface area contributed by atoms with Crippen LogP contribution in [0.3, 0.4) is 0 Å². The molecule has 1 heterocycles. The molecule has 0 unspecified atom stereocenters. The van der Waals surface area contributed by atoms with Crippen molar-refractivity contribution >= 4 is 51.3 Å². The van der Waals surface area contributed by atoms with E-state index < -0.39 is 10.0 Å². The summed E-state index contributed by atoms with van der Waals surface area (Å²) in [6.45, 7) is 3.34. The molecule has 1 saturated heterocycles. The highest BCUT2D eigenvalue weighted by molar-refractivity contribution is 7.92. The van der Waals surface area contributed by atoms with E-state index in [0.717, 1.165) is 37.2 Å². The number of nitrogens with zero attached hydrogens (tertiary/aromatic N) is 2. The highest BCUT2D eigenvalue weighted by atomic mass is 35.5. The fourth-order valence-corrected chi connectivity index (χ4v) is 5.93. The minimum Gasteiger partial charge on any atom is -0.302 e. The van der Waals surface area contributed by atoms with Crippen LogP contribution in [0, 0.1) is 11.8 Å². The molecule has 0 radical (unpaired) electrons. The van der Waals surface area contributed by atoms with Crippen LogP contribution in [0.4, 0.5) is 5.69 Å². The third-order valence-corrected chi connectivity index (χ3v) is 8.33. The van der Waals surface area contributed by atoms with Gasteiger partial charge in [-0.1, -0.05) is 59.7 Å². The molecule has 190 valence electrons. The van der Waals surface area contributed by atoms with Gasteiger partial charge in [-0.25, -0.2) is 8.42 Å². The van der Waals surface area contributed by atoms with E-state index in [-0.39, 0.29) is 23.8 Å². The van der Waals surface area contributed by atoms with Crippen molar-refractivity contribution < 1.29 is 8.42 Å². The van der Waals surface area contributed by atoms with Gasteiger partial charge < -0.3 is 4.90 Å². The van der Waals surface area contributed by atoms with Crippen LogP contribution in [-0.4, -0.2) is 33.0 Å². The second kappa shape index (κ2) is 13.4. The van der Waals surface area contributed by atoms with Crippen LogP contribution in [0.15, 0.2) is 77.7 Å². The highest BCUT2D eigenvalue weighted by Crippen LogP contribution is 2.28. The quantitative estimate of drug-likeness (QED) is 0.290. The predicted molar refractivity (Wildman–Crippen MR) is 152 cm³/mol. The van der Waals surface area contributed by atoms with Gasteiger partial charge in [-0.2, -0.15) is 0 Å². The van der Waals surface area contributed by atoms with Gasteiger partial charge in [0.15, 0.2) is 0 Å². The average molecular weight is 564 g/mol. The van der Waals surface area contributed by atoms with Crippen molar-refractivity contribution in [2.24, 2.45) is 0 Å². The predicted octanol–water partition coefficient (Wildman–Crippen LogP) is 7.04. The Labute approximate surface area is 230 Å². The third-order valence-electron chi connectivity index (χ3n) is 6.05. The van der Waals surface area contributed by atoms with E-state index in [1.54, 1.807) is 36.4 Å². The SMILES string of the molecule is Cl.O=S(=O)(c1ccc(Cl)cc1)N(Cc1cc(Cl)ccc1C#CCCN1CCCCC1)c1ccccc1. The number of benzene rings is 3. The van der Waals surface area contributed by atoms with Crippen LogP contribution in [0.2, 0.25) is 10.0 Å². The van der Waals surface area contributed by atoms with Gasteiger partial charge in [0, 0.05) is 28.6 Å². The largest absolute Gasteiger partial charge is 0.302 e. The van der Waals surface area contributed by atoms with Crippen LogP contribution in [-0.2, 0) is 16.6 Å². The van der Waals surface area contributed by atoms with Gasteiger partial charge >= 0.3 is 0 Å². The molecule has 0 spiro atoms. The molecule has 3 aromatic carbocycles. The number of hydrogen-bond donors (Lipinski definition) is 0. The Morgan fingerprint density at radius 2 is 1.53 bits per heavy atom. The van der Waals surface area contributed by atoms with Gasteiger partial charge in [0.05, 0.1) is 17.1 Å². The molecule has 0 aromatic heterocycles. The van der Waals surface area contributed by atoms with Gasteiger partial charge in [-0.15, -0.1) is 12.4 Å². The highest BCUT2D eigenvalue weighted by Gasteiger charge is 2.26. The van der Waals surface area contributed by atoms with E-state index in [1.165, 1.54) is 35.7 Å². The molecule has 4 rings (SSSR count). The van der Waals surface area contributed by atoms with E-state index >= 15 is 0 Å². The lowest BCUT2D eigenvalue weighted by molar-refractivity contribution is 0.234. The van der Waals surface area contributed by atoms with Crippen LogP contribution in [0.1, 0.15) is 36.8 Å². The summed E-state index contributed by atoms with van der Waals surface area (Å²) in [5.41, 5.74) is 2.09. The summed E-state index contributed by atoms with van der Waals surface area (Å²) >= 11 is 12.3. The summed E-state index contributed by atoms with van der Waals surface area (Å²) in [5.74, 6) is 6.54. The normalized spacial score (nSPS) is 13.8. The zero-order chi connectivity index (χ0) is 24.7. The zero-order valence-corrected chi connectivity index (χ0v) is 23.0. The maximum Gasteiger partial charge on any atom is 0.264 e. The van der Waals surface area contributed by atoms with Gasteiger partial charge in [-0.05, 0) is 86.1 Å². The number of anilines is 1. The molecule has 1 aliphatic rings. The Morgan fingerprint density at radius 1 is 0.861 bits per heavy atom. The first-order chi connectivity index (χ1) is 16.9. The number of para-hydroxylation sites is 1. The molecule has 4 nitrogen and oxygen atoms in total. The first-order valence-electron chi connectivity index (χ1n) is 11.8. The van der Waals surface area contributed by atoms with Crippen molar-refractivity contribution in [3.63, 3.8) is 0 Å². The number of likely N-dealkylation sites (tertiary alicyclic amines) is 1. The Balaban J connectivity index is 0.00000361. The lowest BCUT2D eigenvalue weighted by Gasteiger charge is -2.25. The smallest absolute Gasteiger partial charge is 0.264 e. The Morgan fingerprint density at radius 3 is 2.22 bits per heavy atom. The molecule has 36 heavy (non-hydrogen) atoms. The molecular weight excluding hydrogens is 535 g/mol. The lowest BCUT2D eigenvalue weighted by Crippen LogP contribution is -2.31. The van der Waals surface area contributed by atoms with Gasteiger partial charge in [-0.3, -0.25) is 4.31 Å². The number of sulfonamides is 1. The molecule has 0 N–H and O–H groups in total. The average Bonchev–Trinajstić information content (AvgIpc) is 2.87. The van der Waals surface area contributed by atoms with Crippen LogP contribution in [0.5, 0.6) is 0 Å². The van der Waals surface area contributed by atoms with Crippen molar-refractivity contribution in [1.82, 2.24) is 4.90 Å². The summed E-state index contributed by atoms with van der Waals surface area (Å²) in [6, 6.07) is 20.7. The molecular formula is C28H29Cl3N2O2S. The Kier molecular flexibility index (Phi) is 10.5. The fraction of sp³-hybridized carbons (Fsp3) is 0.286. The minimum absolute atomic E-state index is 0. The molecule has 0 aliphatic carbocycles. The fourth-order valence-electron chi connectivity index (χ4n) is 4.17. The third kappa shape index (κ3) is 7.41. The first-order valence-corrected chi connectivity index (χ1v) is 14.0. The molecule has 0 amide bonds. The van der Waals surface area contributed by atoms with E-state index in [9.17, 15) is 8.42 Å². The molecule has 8 heteroatoms.